The average molecular weight is 363 g/mol. The van der Waals surface area contributed by atoms with Crippen LogP contribution in [0, 0.1) is 13.8 Å². The Bertz CT molecular complexity index is 900. The van der Waals surface area contributed by atoms with E-state index < -0.39 is 0 Å². The molecule has 0 aliphatic heterocycles. The van der Waals surface area contributed by atoms with Crippen molar-refractivity contribution in [3.63, 3.8) is 0 Å². The lowest BCUT2D eigenvalue weighted by Crippen LogP contribution is -2.36. The number of aryl methyl sites for hydroxylation is 2. The standard InChI is InChI=1S/C22H25N3O2/c1-16-6-4-5-7-21(16)27-15-17(2)24-22(26)20-10-8-19(9-11-20)14-25-13-12-23-18(25)3/h4-13,17H,14-15H2,1-3H3,(H,24,26)/t17-/m0/s1. The lowest BCUT2D eigenvalue weighted by molar-refractivity contribution is 0.0926. The molecule has 0 saturated carbocycles. The van der Waals surface area contributed by atoms with Gasteiger partial charge in [-0.25, -0.2) is 4.98 Å². The van der Waals surface area contributed by atoms with Gasteiger partial charge < -0.3 is 14.6 Å². The molecular weight excluding hydrogens is 338 g/mol. The fourth-order valence-corrected chi connectivity index (χ4v) is 2.81. The molecule has 1 amide bonds. The molecule has 27 heavy (non-hydrogen) atoms. The summed E-state index contributed by atoms with van der Waals surface area (Å²) >= 11 is 0. The topological polar surface area (TPSA) is 56.1 Å². The maximum Gasteiger partial charge on any atom is 0.251 e. The molecule has 0 aliphatic rings. The minimum atomic E-state index is -0.0961. The van der Waals surface area contributed by atoms with Gasteiger partial charge in [-0.1, -0.05) is 30.3 Å². The molecule has 0 spiro atoms. The first-order chi connectivity index (χ1) is 13.0. The zero-order valence-electron chi connectivity index (χ0n) is 16.0. The van der Waals surface area contributed by atoms with Crippen molar-refractivity contribution in [2.45, 2.75) is 33.4 Å². The number of amides is 1. The highest BCUT2D eigenvalue weighted by Crippen LogP contribution is 2.16. The Labute approximate surface area is 160 Å². The van der Waals surface area contributed by atoms with E-state index in [1.54, 1.807) is 6.20 Å². The number of ether oxygens (including phenoxy) is 1. The maximum atomic E-state index is 12.4. The second kappa shape index (κ2) is 8.54. The van der Waals surface area contributed by atoms with Crippen molar-refractivity contribution < 1.29 is 9.53 Å². The predicted octanol–water partition coefficient (Wildman–Crippen LogP) is 3.75. The van der Waals surface area contributed by atoms with Gasteiger partial charge >= 0.3 is 0 Å². The number of hydrogen-bond acceptors (Lipinski definition) is 3. The van der Waals surface area contributed by atoms with Gasteiger partial charge in [0.05, 0.1) is 6.04 Å². The van der Waals surface area contributed by atoms with Gasteiger partial charge in [-0.05, 0) is 50.1 Å². The Kier molecular flexibility index (Phi) is 5.91. The smallest absolute Gasteiger partial charge is 0.251 e. The highest BCUT2D eigenvalue weighted by Gasteiger charge is 2.11. The summed E-state index contributed by atoms with van der Waals surface area (Å²) < 4.78 is 7.87. The highest BCUT2D eigenvalue weighted by atomic mass is 16.5. The monoisotopic (exact) mass is 363 g/mol. The maximum absolute atomic E-state index is 12.4. The summed E-state index contributed by atoms with van der Waals surface area (Å²) in [6.07, 6.45) is 3.74. The number of aromatic nitrogens is 2. The Hall–Kier alpha value is -3.08. The lowest BCUT2D eigenvalue weighted by Gasteiger charge is -2.16. The summed E-state index contributed by atoms with van der Waals surface area (Å²) in [4.78, 5) is 16.7. The molecule has 5 nitrogen and oxygen atoms in total. The van der Waals surface area contributed by atoms with E-state index in [2.05, 4.69) is 14.9 Å². The number of carbonyl (C=O) groups is 1. The van der Waals surface area contributed by atoms with E-state index >= 15 is 0 Å². The van der Waals surface area contributed by atoms with E-state index in [4.69, 9.17) is 4.74 Å². The van der Waals surface area contributed by atoms with Crippen molar-refractivity contribution in [1.82, 2.24) is 14.9 Å². The second-order valence-corrected chi connectivity index (χ2v) is 6.75. The van der Waals surface area contributed by atoms with Gasteiger partial charge in [0.2, 0.25) is 0 Å². The summed E-state index contributed by atoms with van der Waals surface area (Å²) in [5.74, 6) is 1.72. The first-order valence-corrected chi connectivity index (χ1v) is 9.09. The largest absolute Gasteiger partial charge is 0.491 e. The molecule has 0 radical (unpaired) electrons. The van der Waals surface area contributed by atoms with Crippen LogP contribution in [-0.2, 0) is 6.54 Å². The van der Waals surface area contributed by atoms with Gasteiger partial charge in [0.1, 0.15) is 18.2 Å². The van der Waals surface area contributed by atoms with Crippen LogP contribution in [0.2, 0.25) is 0 Å². The highest BCUT2D eigenvalue weighted by molar-refractivity contribution is 5.94. The average Bonchev–Trinajstić information content (AvgIpc) is 3.06. The number of rotatable bonds is 7. The van der Waals surface area contributed by atoms with E-state index in [1.807, 2.05) is 75.5 Å². The summed E-state index contributed by atoms with van der Waals surface area (Å²) in [6.45, 7) is 7.09. The van der Waals surface area contributed by atoms with Gasteiger partial charge in [-0.15, -0.1) is 0 Å². The van der Waals surface area contributed by atoms with E-state index in [0.717, 1.165) is 29.2 Å². The summed E-state index contributed by atoms with van der Waals surface area (Å²) in [5, 5.41) is 2.98. The summed E-state index contributed by atoms with van der Waals surface area (Å²) in [5.41, 5.74) is 2.85. The number of nitrogens with zero attached hydrogens (tertiary/aromatic N) is 2. The van der Waals surface area contributed by atoms with Crippen molar-refractivity contribution in [3.05, 3.63) is 83.4 Å². The molecule has 1 aromatic heterocycles. The van der Waals surface area contributed by atoms with E-state index in [1.165, 1.54) is 0 Å². The predicted molar refractivity (Wildman–Crippen MR) is 106 cm³/mol. The zero-order chi connectivity index (χ0) is 19.2. The van der Waals surface area contributed by atoms with Crippen LogP contribution in [0.3, 0.4) is 0 Å². The van der Waals surface area contributed by atoms with Gasteiger partial charge in [-0.2, -0.15) is 0 Å². The molecule has 0 unspecified atom stereocenters. The van der Waals surface area contributed by atoms with Crippen LogP contribution in [0.4, 0.5) is 0 Å². The number of benzene rings is 2. The zero-order valence-corrected chi connectivity index (χ0v) is 16.0. The molecule has 0 aliphatic carbocycles. The van der Waals surface area contributed by atoms with Crippen LogP contribution in [0.5, 0.6) is 5.75 Å². The minimum Gasteiger partial charge on any atom is -0.491 e. The number of para-hydroxylation sites is 1. The fourth-order valence-electron chi connectivity index (χ4n) is 2.81. The number of imidazole rings is 1. The molecule has 3 rings (SSSR count). The summed E-state index contributed by atoms with van der Waals surface area (Å²) in [7, 11) is 0. The minimum absolute atomic E-state index is 0.0922. The molecule has 2 aromatic carbocycles. The van der Waals surface area contributed by atoms with E-state index in [9.17, 15) is 4.79 Å². The van der Waals surface area contributed by atoms with Crippen molar-refractivity contribution in [2.75, 3.05) is 6.61 Å². The fraction of sp³-hybridized carbons (Fsp3) is 0.273. The first-order valence-electron chi connectivity index (χ1n) is 9.09. The third-order valence-corrected chi connectivity index (χ3v) is 4.45. The van der Waals surface area contributed by atoms with Gasteiger partial charge in [-0.3, -0.25) is 4.79 Å². The van der Waals surface area contributed by atoms with Crippen LogP contribution < -0.4 is 10.1 Å². The van der Waals surface area contributed by atoms with Gasteiger partial charge in [0, 0.05) is 24.5 Å². The molecule has 1 heterocycles. The molecule has 5 heteroatoms. The van der Waals surface area contributed by atoms with Crippen LogP contribution in [0.15, 0.2) is 60.9 Å². The Morgan fingerprint density at radius 2 is 1.89 bits per heavy atom. The Balaban J connectivity index is 1.53. The van der Waals surface area contributed by atoms with Crippen LogP contribution in [0.25, 0.3) is 0 Å². The summed E-state index contributed by atoms with van der Waals surface area (Å²) in [6, 6.07) is 15.4. The van der Waals surface area contributed by atoms with Crippen molar-refractivity contribution >= 4 is 5.91 Å². The van der Waals surface area contributed by atoms with Crippen molar-refractivity contribution in [2.24, 2.45) is 0 Å². The number of carbonyl (C=O) groups excluding carboxylic acids is 1. The molecule has 3 aromatic rings. The van der Waals surface area contributed by atoms with Gasteiger partial charge in [0.25, 0.3) is 5.91 Å². The SMILES string of the molecule is Cc1ccccc1OC[C@H](C)NC(=O)c1ccc(Cn2ccnc2C)cc1. The molecule has 0 saturated heterocycles. The quantitative estimate of drug-likeness (QED) is 0.696. The van der Waals surface area contributed by atoms with Crippen LogP contribution in [0.1, 0.15) is 34.2 Å². The third kappa shape index (κ3) is 4.97. The molecular formula is C22H25N3O2. The Morgan fingerprint density at radius 1 is 1.15 bits per heavy atom. The number of hydrogen-bond donors (Lipinski definition) is 1. The molecule has 0 bridgehead atoms. The van der Waals surface area contributed by atoms with E-state index in [0.29, 0.717) is 12.2 Å². The molecule has 1 N–H and O–H groups in total. The Morgan fingerprint density at radius 3 is 2.56 bits per heavy atom. The lowest BCUT2D eigenvalue weighted by atomic mass is 10.1. The molecule has 0 fully saturated rings. The number of nitrogens with one attached hydrogen (secondary N) is 1. The van der Waals surface area contributed by atoms with Crippen molar-refractivity contribution in [1.29, 1.82) is 0 Å². The van der Waals surface area contributed by atoms with Crippen molar-refractivity contribution in [3.8, 4) is 5.75 Å². The normalized spacial score (nSPS) is 11.8. The first kappa shape index (κ1) is 18.7. The molecule has 140 valence electrons. The molecule has 1 atom stereocenters. The van der Waals surface area contributed by atoms with Crippen LogP contribution >= 0.6 is 0 Å². The van der Waals surface area contributed by atoms with Gasteiger partial charge in [0.15, 0.2) is 0 Å². The van der Waals surface area contributed by atoms with E-state index in [-0.39, 0.29) is 11.9 Å². The third-order valence-electron chi connectivity index (χ3n) is 4.45. The van der Waals surface area contributed by atoms with Crippen LogP contribution in [-0.4, -0.2) is 28.1 Å². The second-order valence-electron chi connectivity index (χ2n) is 6.75.